The van der Waals surface area contributed by atoms with Gasteiger partial charge < -0.3 is 5.73 Å². The van der Waals surface area contributed by atoms with Crippen molar-refractivity contribution in [3.05, 3.63) is 0 Å². The van der Waals surface area contributed by atoms with Gasteiger partial charge in [-0.25, -0.2) is 0 Å². The number of hydrogen-bond acceptors (Lipinski definition) is 3. The Labute approximate surface area is 129 Å². The molecule has 2 rings (SSSR count). The summed E-state index contributed by atoms with van der Waals surface area (Å²) in [5, 5.41) is 0. The lowest BCUT2D eigenvalue weighted by molar-refractivity contribution is 0.209. The number of nitrogens with zero attached hydrogens (tertiary/aromatic N) is 1. The predicted octanol–water partition coefficient (Wildman–Crippen LogP) is 1.85. The highest BCUT2D eigenvalue weighted by atomic mass is 32.2. The largest absolute Gasteiger partial charge is 0.329 e. The molecule has 0 aromatic rings. The van der Waals surface area contributed by atoms with Gasteiger partial charge in [-0.05, 0) is 50.4 Å². The monoisotopic (exact) mass is 317 g/mol. The summed E-state index contributed by atoms with van der Waals surface area (Å²) in [6.45, 7) is 6.06. The van der Waals surface area contributed by atoms with Crippen LogP contribution in [0.3, 0.4) is 0 Å². The van der Waals surface area contributed by atoms with Crippen molar-refractivity contribution in [1.29, 1.82) is 0 Å². The van der Waals surface area contributed by atoms with Crippen LogP contribution in [-0.2, 0) is 10.2 Å². The predicted molar refractivity (Wildman–Crippen MR) is 86.1 cm³/mol. The molecule has 0 aromatic carbocycles. The molecule has 1 aliphatic carbocycles. The fourth-order valence-electron chi connectivity index (χ4n) is 3.55. The molecule has 0 bridgehead atoms. The van der Waals surface area contributed by atoms with Gasteiger partial charge in [0.1, 0.15) is 0 Å². The van der Waals surface area contributed by atoms with E-state index in [0.29, 0.717) is 25.6 Å². The van der Waals surface area contributed by atoms with E-state index in [2.05, 4.69) is 18.6 Å². The molecule has 1 heterocycles. The maximum Gasteiger partial charge on any atom is 0.279 e. The van der Waals surface area contributed by atoms with Gasteiger partial charge in [-0.2, -0.15) is 17.4 Å². The van der Waals surface area contributed by atoms with Crippen molar-refractivity contribution in [3.8, 4) is 0 Å². The third kappa shape index (κ3) is 4.18. The molecule has 21 heavy (non-hydrogen) atoms. The van der Waals surface area contributed by atoms with Gasteiger partial charge in [0.25, 0.3) is 10.2 Å². The molecule has 1 saturated carbocycles. The van der Waals surface area contributed by atoms with Gasteiger partial charge in [0.2, 0.25) is 0 Å². The number of piperidine rings is 1. The highest BCUT2D eigenvalue weighted by Gasteiger charge is 2.39. The molecular formula is C15H31N3O2S. The van der Waals surface area contributed by atoms with Crippen LogP contribution in [0, 0.1) is 11.8 Å². The summed E-state index contributed by atoms with van der Waals surface area (Å²) in [5.74, 6) is 1.35. The summed E-state index contributed by atoms with van der Waals surface area (Å²) in [4.78, 5) is 0. The average Bonchev–Trinajstić information content (AvgIpc) is 2.48. The standard InChI is InChI=1S/C15H31N3O2S/c1-3-14-4-8-15(12-16,9-5-14)17-21(19,20)18-10-6-13(2)7-11-18/h13-14,17H,3-12,16H2,1-2H3. The van der Waals surface area contributed by atoms with Crippen LogP contribution in [0.5, 0.6) is 0 Å². The Morgan fingerprint density at radius 3 is 2.24 bits per heavy atom. The van der Waals surface area contributed by atoms with Crippen molar-refractivity contribution < 1.29 is 8.42 Å². The minimum Gasteiger partial charge on any atom is -0.329 e. The van der Waals surface area contributed by atoms with Crippen LogP contribution in [-0.4, -0.2) is 37.9 Å². The van der Waals surface area contributed by atoms with E-state index in [-0.39, 0.29) is 0 Å². The molecule has 5 nitrogen and oxygen atoms in total. The Kier molecular flexibility index (Phi) is 5.68. The van der Waals surface area contributed by atoms with Gasteiger partial charge in [-0.3, -0.25) is 0 Å². The van der Waals surface area contributed by atoms with Gasteiger partial charge >= 0.3 is 0 Å². The molecule has 0 amide bonds. The Morgan fingerprint density at radius 1 is 1.19 bits per heavy atom. The second-order valence-electron chi connectivity index (χ2n) is 7.02. The summed E-state index contributed by atoms with van der Waals surface area (Å²) in [6, 6.07) is 0. The molecule has 2 aliphatic rings. The first kappa shape index (κ1) is 17.2. The Hall–Kier alpha value is -0.170. The van der Waals surface area contributed by atoms with E-state index in [0.717, 1.165) is 44.4 Å². The number of nitrogens with two attached hydrogens (primary N) is 1. The summed E-state index contributed by atoms with van der Waals surface area (Å²) in [6.07, 6.45) is 6.97. The summed E-state index contributed by atoms with van der Waals surface area (Å²) < 4.78 is 29.8. The van der Waals surface area contributed by atoms with Gasteiger partial charge in [0, 0.05) is 25.2 Å². The van der Waals surface area contributed by atoms with Crippen molar-refractivity contribution in [1.82, 2.24) is 9.03 Å². The SMILES string of the molecule is CCC1CCC(CN)(NS(=O)(=O)N2CCC(C)CC2)CC1. The van der Waals surface area contributed by atoms with Crippen molar-refractivity contribution in [3.63, 3.8) is 0 Å². The van der Waals surface area contributed by atoms with E-state index in [1.807, 2.05) is 0 Å². The topological polar surface area (TPSA) is 75.4 Å². The van der Waals surface area contributed by atoms with Gasteiger partial charge in [0.15, 0.2) is 0 Å². The van der Waals surface area contributed by atoms with E-state index in [4.69, 9.17) is 5.73 Å². The Balaban J connectivity index is 2.00. The Morgan fingerprint density at radius 2 is 1.76 bits per heavy atom. The number of rotatable bonds is 5. The molecule has 0 spiro atoms. The van der Waals surface area contributed by atoms with E-state index in [1.165, 1.54) is 6.42 Å². The zero-order valence-electron chi connectivity index (χ0n) is 13.5. The average molecular weight is 317 g/mol. The van der Waals surface area contributed by atoms with Crippen LogP contribution in [0.25, 0.3) is 0 Å². The molecule has 1 saturated heterocycles. The third-order valence-electron chi connectivity index (χ3n) is 5.46. The van der Waals surface area contributed by atoms with E-state index in [1.54, 1.807) is 4.31 Å². The molecule has 1 aliphatic heterocycles. The van der Waals surface area contributed by atoms with Crippen LogP contribution in [0.2, 0.25) is 0 Å². The first-order chi connectivity index (χ1) is 9.91. The molecule has 0 atom stereocenters. The fourth-order valence-corrected chi connectivity index (χ4v) is 5.20. The minimum absolute atomic E-state index is 0.396. The molecule has 6 heteroatoms. The highest BCUT2D eigenvalue weighted by Crippen LogP contribution is 2.34. The van der Waals surface area contributed by atoms with E-state index in [9.17, 15) is 8.42 Å². The van der Waals surface area contributed by atoms with Crippen molar-refractivity contribution in [2.24, 2.45) is 17.6 Å². The lowest BCUT2D eigenvalue weighted by Gasteiger charge is -2.41. The molecule has 0 radical (unpaired) electrons. The van der Waals surface area contributed by atoms with E-state index < -0.39 is 15.7 Å². The second kappa shape index (κ2) is 6.94. The van der Waals surface area contributed by atoms with Crippen LogP contribution in [0.4, 0.5) is 0 Å². The summed E-state index contributed by atoms with van der Waals surface area (Å²) in [7, 11) is -3.40. The lowest BCUT2D eigenvalue weighted by Crippen LogP contribution is -2.59. The van der Waals surface area contributed by atoms with Gasteiger partial charge in [-0.1, -0.05) is 20.3 Å². The maximum absolute atomic E-state index is 12.6. The number of nitrogens with one attached hydrogen (secondary N) is 1. The van der Waals surface area contributed by atoms with E-state index >= 15 is 0 Å². The van der Waals surface area contributed by atoms with Crippen LogP contribution < -0.4 is 10.5 Å². The molecule has 0 unspecified atom stereocenters. The van der Waals surface area contributed by atoms with Crippen molar-refractivity contribution in [2.75, 3.05) is 19.6 Å². The second-order valence-corrected chi connectivity index (χ2v) is 8.70. The Bertz CT molecular complexity index is 422. The van der Waals surface area contributed by atoms with Crippen LogP contribution >= 0.6 is 0 Å². The zero-order valence-corrected chi connectivity index (χ0v) is 14.3. The molecular weight excluding hydrogens is 286 g/mol. The van der Waals surface area contributed by atoms with Crippen molar-refractivity contribution in [2.45, 2.75) is 64.3 Å². The third-order valence-corrected chi connectivity index (χ3v) is 7.19. The first-order valence-electron chi connectivity index (χ1n) is 8.40. The quantitative estimate of drug-likeness (QED) is 0.812. The first-order valence-corrected chi connectivity index (χ1v) is 9.84. The smallest absolute Gasteiger partial charge is 0.279 e. The van der Waals surface area contributed by atoms with Crippen LogP contribution in [0.1, 0.15) is 58.8 Å². The van der Waals surface area contributed by atoms with Gasteiger partial charge in [-0.15, -0.1) is 0 Å². The molecule has 2 fully saturated rings. The molecule has 124 valence electrons. The fraction of sp³-hybridized carbons (Fsp3) is 1.00. The van der Waals surface area contributed by atoms with Crippen LogP contribution in [0.15, 0.2) is 0 Å². The highest BCUT2D eigenvalue weighted by molar-refractivity contribution is 7.87. The van der Waals surface area contributed by atoms with Crippen molar-refractivity contribution >= 4 is 10.2 Å². The normalized spacial score (nSPS) is 33.2. The minimum atomic E-state index is -3.40. The molecule has 0 aromatic heterocycles. The zero-order chi connectivity index (χ0) is 15.5. The lowest BCUT2D eigenvalue weighted by atomic mass is 9.76. The molecule has 3 N–H and O–H groups in total. The number of hydrogen-bond donors (Lipinski definition) is 2. The summed E-state index contributed by atoms with van der Waals surface area (Å²) in [5.41, 5.74) is 5.52. The van der Waals surface area contributed by atoms with Gasteiger partial charge in [0.05, 0.1) is 0 Å². The summed E-state index contributed by atoms with van der Waals surface area (Å²) >= 11 is 0. The maximum atomic E-state index is 12.6.